The van der Waals surface area contributed by atoms with Crippen LogP contribution in [-0.4, -0.2) is 40.4 Å². The number of carbonyl (C=O) groups excluding carboxylic acids is 2. The number of carbonyl (C=O) groups is 2. The Labute approximate surface area is 181 Å². The minimum absolute atomic E-state index is 0.0291. The largest absolute Gasteiger partial charge is 0.486 e. The number of aromatic nitrogens is 1. The summed E-state index contributed by atoms with van der Waals surface area (Å²) < 4.78 is 11.8. The summed E-state index contributed by atoms with van der Waals surface area (Å²) in [4.78, 5) is 27.6. The Morgan fingerprint density at radius 3 is 2.61 bits per heavy atom. The van der Waals surface area contributed by atoms with Crippen LogP contribution in [0.1, 0.15) is 52.0 Å². The lowest BCUT2D eigenvalue weighted by Gasteiger charge is -2.44. The topological polar surface area (TPSA) is 72.6 Å². The van der Waals surface area contributed by atoms with E-state index in [1.807, 2.05) is 56.0 Å². The molecule has 2 aliphatic heterocycles. The highest BCUT2D eigenvalue weighted by molar-refractivity contribution is 6.00. The highest BCUT2D eigenvalue weighted by Gasteiger charge is 2.43. The van der Waals surface area contributed by atoms with Crippen LogP contribution in [-0.2, 0) is 11.2 Å². The standard InChI is InChI=1S/C25H26N2O4/c1-15-4-5-22-19(10-15)21(28)14-25(30-22)6-8-27(9-7-25)24(29)13-20-18-11-16(2)17(3)12-23(18)31-26-20/h4-5,10-12H,6-9,13-14H2,1-3H3. The first kappa shape index (κ1) is 19.8. The molecular formula is C25H26N2O4. The van der Waals surface area contributed by atoms with Gasteiger partial charge in [0.2, 0.25) is 5.91 Å². The van der Waals surface area contributed by atoms with E-state index in [-0.39, 0.29) is 18.1 Å². The number of hydrogen-bond acceptors (Lipinski definition) is 5. The van der Waals surface area contributed by atoms with E-state index < -0.39 is 5.60 Å². The molecule has 0 radical (unpaired) electrons. The van der Waals surface area contributed by atoms with Crippen molar-refractivity contribution in [2.24, 2.45) is 0 Å². The molecule has 2 aliphatic rings. The van der Waals surface area contributed by atoms with Gasteiger partial charge >= 0.3 is 0 Å². The summed E-state index contributed by atoms with van der Waals surface area (Å²) in [5, 5.41) is 5.05. The molecule has 1 saturated heterocycles. The molecule has 6 nitrogen and oxygen atoms in total. The fraction of sp³-hybridized carbons (Fsp3) is 0.400. The summed E-state index contributed by atoms with van der Waals surface area (Å²) in [5.41, 5.74) is 4.90. The van der Waals surface area contributed by atoms with Crippen molar-refractivity contribution in [3.63, 3.8) is 0 Å². The van der Waals surface area contributed by atoms with Gasteiger partial charge in [-0.3, -0.25) is 9.59 Å². The SMILES string of the molecule is Cc1ccc2c(c1)C(=O)CC1(CCN(C(=O)Cc3noc4cc(C)c(C)cc34)CC1)O2. The lowest BCUT2D eigenvalue weighted by molar-refractivity contribution is -0.134. The van der Waals surface area contributed by atoms with E-state index in [2.05, 4.69) is 5.16 Å². The third-order valence-corrected chi connectivity index (χ3v) is 6.75. The number of ether oxygens (including phenoxy) is 1. The van der Waals surface area contributed by atoms with E-state index in [0.29, 0.717) is 54.9 Å². The molecule has 1 aromatic heterocycles. The molecule has 6 heteroatoms. The normalized spacial score (nSPS) is 17.6. The van der Waals surface area contributed by atoms with E-state index in [1.54, 1.807) is 0 Å². The molecule has 160 valence electrons. The van der Waals surface area contributed by atoms with Crippen molar-refractivity contribution in [3.8, 4) is 5.75 Å². The zero-order valence-corrected chi connectivity index (χ0v) is 18.2. The predicted molar refractivity (Wildman–Crippen MR) is 116 cm³/mol. The molecule has 0 unspecified atom stereocenters. The van der Waals surface area contributed by atoms with Crippen molar-refractivity contribution < 1.29 is 18.8 Å². The third kappa shape index (κ3) is 3.50. The molecule has 1 spiro atoms. The van der Waals surface area contributed by atoms with Crippen LogP contribution >= 0.6 is 0 Å². The first-order valence-corrected chi connectivity index (χ1v) is 10.8. The Bertz CT molecular complexity index is 1200. The van der Waals surface area contributed by atoms with Crippen molar-refractivity contribution in [2.45, 2.75) is 52.1 Å². The van der Waals surface area contributed by atoms with Gasteiger partial charge in [0.15, 0.2) is 11.4 Å². The second-order valence-electron chi connectivity index (χ2n) is 9.00. The van der Waals surface area contributed by atoms with Gasteiger partial charge in [0, 0.05) is 31.3 Å². The summed E-state index contributed by atoms with van der Waals surface area (Å²) in [6.07, 6.45) is 1.88. The lowest BCUT2D eigenvalue weighted by Crippen LogP contribution is -2.52. The molecule has 1 fully saturated rings. The van der Waals surface area contributed by atoms with E-state index in [0.717, 1.165) is 22.1 Å². The fourth-order valence-corrected chi connectivity index (χ4v) is 4.68. The third-order valence-electron chi connectivity index (χ3n) is 6.75. The van der Waals surface area contributed by atoms with Crippen molar-refractivity contribution in [2.75, 3.05) is 13.1 Å². The van der Waals surface area contributed by atoms with Gasteiger partial charge in [-0.05, 0) is 56.2 Å². The number of benzene rings is 2. The number of rotatable bonds is 2. The van der Waals surface area contributed by atoms with Crippen LogP contribution < -0.4 is 4.74 Å². The molecule has 2 aromatic carbocycles. The quantitative estimate of drug-likeness (QED) is 0.620. The van der Waals surface area contributed by atoms with E-state index in [4.69, 9.17) is 9.26 Å². The van der Waals surface area contributed by atoms with E-state index in [1.165, 1.54) is 0 Å². The van der Waals surface area contributed by atoms with Crippen LogP contribution in [0.2, 0.25) is 0 Å². The number of hydrogen-bond donors (Lipinski definition) is 0. The van der Waals surface area contributed by atoms with Crippen LogP contribution in [0.4, 0.5) is 0 Å². The summed E-state index contributed by atoms with van der Waals surface area (Å²) in [5.74, 6) is 0.826. The van der Waals surface area contributed by atoms with Gasteiger partial charge in [0.05, 0.1) is 18.4 Å². The maximum absolute atomic E-state index is 13.0. The maximum Gasteiger partial charge on any atom is 0.228 e. The molecule has 0 aliphatic carbocycles. The number of amides is 1. The molecule has 31 heavy (non-hydrogen) atoms. The van der Waals surface area contributed by atoms with Gasteiger partial charge in [-0.25, -0.2) is 0 Å². The molecule has 1 amide bonds. The van der Waals surface area contributed by atoms with E-state index in [9.17, 15) is 9.59 Å². The Morgan fingerprint density at radius 2 is 1.84 bits per heavy atom. The van der Waals surface area contributed by atoms with Gasteiger partial charge < -0.3 is 14.2 Å². The van der Waals surface area contributed by atoms with Crippen LogP contribution in [0.15, 0.2) is 34.9 Å². The Kier molecular flexibility index (Phi) is 4.61. The van der Waals surface area contributed by atoms with Gasteiger partial charge in [-0.15, -0.1) is 0 Å². The highest BCUT2D eigenvalue weighted by atomic mass is 16.5. The molecule has 0 N–H and O–H groups in total. The minimum atomic E-state index is -0.509. The number of Topliss-reactive ketones (excluding diaryl/α,β-unsaturated/α-hetero) is 1. The zero-order valence-electron chi connectivity index (χ0n) is 18.2. The smallest absolute Gasteiger partial charge is 0.228 e. The number of piperidine rings is 1. The van der Waals surface area contributed by atoms with Crippen LogP contribution in [0, 0.1) is 20.8 Å². The van der Waals surface area contributed by atoms with Crippen molar-refractivity contribution in [1.82, 2.24) is 10.1 Å². The second kappa shape index (κ2) is 7.22. The minimum Gasteiger partial charge on any atom is -0.486 e. The van der Waals surface area contributed by atoms with Crippen LogP contribution in [0.3, 0.4) is 0 Å². The predicted octanol–water partition coefficient (Wildman–Crippen LogP) is 4.32. The molecule has 0 bridgehead atoms. The maximum atomic E-state index is 13.0. The van der Waals surface area contributed by atoms with Gasteiger partial charge in [0.1, 0.15) is 17.0 Å². The molecule has 0 atom stereocenters. The molecule has 0 saturated carbocycles. The van der Waals surface area contributed by atoms with Gasteiger partial charge in [-0.2, -0.15) is 0 Å². The second-order valence-corrected chi connectivity index (χ2v) is 9.00. The molecular weight excluding hydrogens is 392 g/mol. The Morgan fingerprint density at radius 1 is 1.10 bits per heavy atom. The summed E-state index contributed by atoms with van der Waals surface area (Å²) in [6.45, 7) is 7.19. The van der Waals surface area contributed by atoms with Crippen molar-refractivity contribution >= 4 is 22.7 Å². The van der Waals surface area contributed by atoms with Crippen molar-refractivity contribution in [3.05, 3.63) is 58.3 Å². The Hall–Kier alpha value is -3.15. The number of fused-ring (bicyclic) bond motifs is 2. The Balaban J connectivity index is 1.28. The number of aryl methyl sites for hydroxylation is 3. The van der Waals surface area contributed by atoms with Crippen LogP contribution in [0.5, 0.6) is 5.75 Å². The molecule has 5 rings (SSSR count). The molecule has 3 aromatic rings. The molecule has 3 heterocycles. The number of ketones is 1. The summed E-state index contributed by atoms with van der Waals surface area (Å²) >= 11 is 0. The van der Waals surface area contributed by atoms with Crippen molar-refractivity contribution in [1.29, 1.82) is 0 Å². The lowest BCUT2D eigenvalue weighted by atomic mass is 9.82. The average Bonchev–Trinajstić information content (AvgIpc) is 3.11. The van der Waals surface area contributed by atoms with Crippen LogP contribution in [0.25, 0.3) is 11.0 Å². The van der Waals surface area contributed by atoms with E-state index >= 15 is 0 Å². The van der Waals surface area contributed by atoms with Gasteiger partial charge in [0.25, 0.3) is 0 Å². The first-order chi connectivity index (χ1) is 14.8. The summed E-state index contributed by atoms with van der Waals surface area (Å²) in [7, 11) is 0. The monoisotopic (exact) mass is 418 g/mol. The fourth-order valence-electron chi connectivity index (χ4n) is 4.68. The first-order valence-electron chi connectivity index (χ1n) is 10.8. The number of likely N-dealkylation sites (tertiary alicyclic amines) is 1. The number of nitrogens with zero attached hydrogens (tertiary/aromatic N) is 2. The zero-order chi connectivity index (χ0) is 21.8. The highest BCUT2D eigenvalue weighted by Crippen LogP contribution is 2.39. The van der Waals surface area contributed by atoms with Gasteiger partial charge in [-0.1, -0.05) is 16.8 Å². The summed E-state index contributed by atoms with van der Waals surface area (Å²) in [6, 6.07) is 9.76. The average molecular weight is 418 g/mol.